The minimum absolute atomic E-state index is 0.155. The zero-order valence-electron chi connectivity index (χ0n) is 11.8. The highest BCUT2D eigenvalue weighted by atomic mass is 16.5. The average molecular weight is 256 g/mol. The summed E-state index contributed by atoms with van der Waals surface area (Å²) in [5.74, 6) is -0.203. The van der Waals surface area contributed by atoms with Crippen LogP contribution in [0.5, 0.6) is 0 Å². The van der Waals surface area contributed by atoms with Crippen molar-refractivity contribution in [3.05, 3.63) is 0 Å². The monoisotopic (exact) mass is 256 g/mol. The number of nitrogens with two attached hydrogens (primary N) is 2. The second kappa shape index (κ2) is 7.10. The van der Waals surface area contributed by atoms with Crippen molar-refractivity contribution >= 4 is 5.91 Å². The zero-order chi connectivity index (χ0) is 13.6. The van der Waals surface area contributed by atoms with Gasteiger partial charge < -0.3 is 16.2 Å². The quantitative estimate of drug-likeness (QED) is 0.586. The predicted molar refractivity (Wildman–Crippen MR) is 73.0 cm³/mol. The summed E-state index contributed by atoms with van der Waals surface area (Å²) in [5.41, 5.74) is 10.5. The van der Waals surface area contributed by atoms with Crippen LogP contribution < -0.4 is 11.5 Å². The molecule has 0 spiro atoms. The summed E-state index contributed by atoms with van der Waals surface area (Å²) in [5, 5.41) is 0. The zero-order valence-corrected chi connectivity index (χ0v) is 11.8. The molecule has 0 aromatic carbocycles. The lowest BCUT2D eigenvalue weighted by molar-refractivity contribution is -0.127. The highest BCUT2D eigenvalue weighted by Gasteiger charge is 2.47. The molecule has 4 N–H and O–H groups in total. The van der Waals surface area contributed by atoms with E-state index in [0.717, 1.165) is 19.3 Å². The molecule has 0 saturated heterocycles. The summed E-state index contributed by atoms with van der Waals surface area (Å²) in [4.78, 5) is 11.4. The van der Waals surface area contributed by atoms with E-state index in [4.69, 9.17) is 16.2 Å². The first kappa shape index (κ1) is 15.4. The van der Waals surface area contributed by atoms with Crippen LogP contribution in [0.2, 0.25) is 0 Å². The number of amides is 1. The van der Waals surface area contributed by atoms with Gasteiger partial charge in [0.15, 0.2) is 0 Å². The maximum Gasteiger partial charge on any atom is 0.240 e. The second-order valence-corrected chi connectivity index (χ2v) is 5.65. The van der Waals surface area contributed by atoms with Crippen molar-refractivity contribution in [3.63, 3.8) is 0 Å². The number of hydrogen-bond donors (Lipinski definition) is 2. The third-order valence-electron chi connectivity index (χ3n) is 3.84. The summed E-state index contributed by atoms with van der Waals surface area (Å²) in [6.07, 6.45) is 8.11. The molecule has 0 aromatic heterocycles. The fraction of sp³-hybridized carbons (Fsp3) is 0.929. The van der Waals surface area contributed by atoms with Crippen molar-refractivity contribution < 1.29 is 9.53 Å². The largest absolute Gasteiger partial charge is 0.376 e. The highest BCUT2D eigenvalue weighted by Crippen LogP contribution is 2.38. The molecule has 1 saturated carbocycles. The first-order valence-corrected chi connectivity index (χ1v) is 7.21. The van der Waals surface area contributed by atoms with Crippen LogP contribution in [0.25, 0.3) is 0 Å². The van der Waals surface area contributed by atoms with Gasteiger partial charge in [-0.25, -0.2) is 0 Å². The SMILES string of the molecule is CCCCCCC(C)OCC(N)(C(N)=O)C1CC1. The minimum Gasteiger partial charge on any atom is -0.376 e. The van der Waals surface area contributed by atoms with E-state index in [1.165, 1.54) is 25.7 Å². The molecule has 2 unspecified atom stereocenters. The smallest absolute Gasteiger partial charge is 0.240 e. The number of primary amides is 1. The minimum atomic E-state index is -0.947. The molecule has 0 radical (unpaired) electrons. The first-order valence-electron chi connectivity index (χ1n) is 7.21. The molecule has 0 heterocycles. The molecule has 18 heavy (non-hydrogen) atoms. The normalized spacial score (nSPS) is 20.4. The van der Waals surface area contributed by atoms with Crippen molar-refractivity contribution in [2.24, 2.45) is 17.4 Å². The predicted octanol–water partition coefficient (Wildman–Crippen LogP) is 1.95. The van der Waals surface area contributed by atoms with Gasteiger partial charge in [-0.15, -0.1) is 0 Å². The van der Waals surface area contributed by atoms with Crippen LogP contribution in [-0.4, -0.2) is 24.2 Å². The third kappa shape index (κ3) is 4.58. The van der Waals surface area contributed by atoms with Gasteiger partial charge in [0.2, 0.25) is 5.91 Å². The van der Waals surface area contributed by atoms with Crippen LogP contribution in [-0.2, 0) is 9.53 Å². The van der Waals surface area contributed by atoms with Crippen LogP contribution in [0.1, 0.15) is 58.8 Å². The van der Waals surface area contributed by atoms with E-state index in [9.17, 15) is 4.79 Å². The van der Waals surface area contributed by atoms with Gasteiger partial charge in [0.25, 0.3) is 0 Å². The molecule has 0 aromatic rings. The van der Waals surface area contributed by atoms with Crippen LogP contribution in [0.4, 0.5) is 0 Å². The number of carbonyl (C=O) groups is 1. The van der Waals surface area contributed by atoms with Crippen molar-refractivity contribution in [1.29, 1.82) is 0 Å². The van der Waals surface area contributed by atoms with Crippen LogP contribution >= 0.6 is 0 Å². The molecule has 0 bridgehead atoms. The lowest BCUT2D eigenvalue weighted by Crippen LogP contribution is -2.57. The third-order valence-corrected chi connectivity index (χ3v) is 3.84. The Balaban J connectivity index is 2.23. The molecule has 4 heteroatoms. The Bertz CT molecular complexity index is 267. The van der Waals surface area contributed by atoms with E-state index in [-0.39, 0.29) is 18.6 Å². The van der Waals surface area contributed by atoms with Gasteiger partial charge in [-0.3, -0.25) is 4.79 Å². The summed E-state index contributed by atoms with van der Waals surface area (Å²) >= 11 is 0. The second-order valence-electron chi connectivity index (χ2n) is 5.65. The molecule has 0 aliphatic heterocycles. The van der Waals surface area contributed by atoms with E-state index >= 15 is 0 Å². The Morgan fingerprint density at radius 2 is 2.06 bits per heavy atom. The fourth-order valence-corrected chi connectivity index (χ4v) is 2.21. The maximum atomic E-state index is 11.4. The Morgan fingerprint density at radius 1 is 1.39 bits per heavy atom. The Hall–Kier alpha value is -0.610. The van der Waals surface area contributed by atoms with Crippen LogP contribution in [0.15, 0.2) is 0 Å². The topological polar surface area (TPSA) is 78.3 Å². The van der Waals surface area contributed by atoms with Gasteiger partial charge >= 0.3 is 0 Å². The molecule has 106 valence electrons. The summed E-state index contributed by atoms with van der Waals surface area (Å²) < 4.78 is 5.72. The lowest BCUT2D eigenvalue weighted by atomic mass is 9.95. The number of ether oxygens (including phenoxy) is 1. The van der Waals surface area contributed by atoms with Crippen LogP contribution in [0, 0.1) is 5.92 Å². The van der Waals surface area contributed by atoms with Gasteiger partial charge in [0, 0.05) is 0 Å². The van der Waals surface area contributed by atoms with Crippen molar-refractivity contribution in [1.82, 2.24) is 0 Å². The molecular weight excluding hydrogens is 228 g/mol. The van der Waals surface area contributed by atoms with E-state index < -0.39 is 11.4 Å². The highest BCUT2D eigenvalue weighted by molar-refractivity contribution is 5.85. The van der Waals surface area contributed by atoms with Crippen molar-refractivity contribution in [2.45, 2.75) is 70.4 Å². The molecule has 4 nitrogen and oxygen atoms in total. The maximum absolute atomic E-state index is 11.4. The van der Waals surface area contributed by atoms with E-state index in [1.807, 2.05) is 6.92 Å². The summed E-state index contributed by atoms with van der Waals surface area (Å²) in [6, 6.07) is 0. The lowest BCUT2D eigenvalue weighted by Gasteiger charge is -2.27. The Morgan fingerprint density at radius 3 is 2.56 bits per heavy atom. The molecule has 1 aliphatic rings. The number of carbonyl (C=O) groups excluding carboxylic acids is 1. The number of rotatable bonds is 10. The van der Waals surface area contributed by atoms with E-state index in [0.29, 0.717) is 0 Å². The van der Waals surface area contributed by atoms with Gasteiger partial charge in [-0.2, -0.15) is 0 Å². The Kier molecular flexibility index (Phi) is 6.09. The van der Waals surface area contributed by atoms with Gasteiger partial charge in [0.05, 0.1) is 12.7 Å². The Labute approximate surface area is 110 Å². The molecule has 1 rings (SSSR count). The van der Waals surface area contributed by atoms with Crippen LogP contribution in [0.3, 0.4) is 0 Å². The van der Waals surface area contributed by atoms with Gasteiger partial charge in [-0.1, -0.05) is 32.6 Å². The molecule has 1 fully saturated rings. The summed E-state index contributed by atoms with van der Waals surface area (Å²) in [6.45, 7) is 4.51. The van der Waals surface area contributed by atoms with E-state index in [1.54, 1.807) is 0 Å². The number of unbranched alkanes of at least 4 members (excludes halogenated alkanes) is 3. The fourth-order valence-electron chi connectivity index (χ4n) is 2.21. The van der Waals surface area contributed by atoms with E-state index in [2.05, 4.69) is 6.92 Å². The number of hydrogen-bond acceptors (Lipinski definition) is 3. The summed E-state index contributed by atoms with van der Waals surface area (Å²) in [7, 11) is 0. The standard InChI is InChI=1S/C14H28N2O2/c1-3-4-5-6-7-11(2)18-10-14(16,13(15)17)12-8-9-12/h11-12H,3-10,16H2,1-2H3,(H2,15,17). The molecule has 1 amide bonds. The van der Waals surface area contributed by atoms with Gasteiger partial charge in [-0.05, 0) is 32.1 Å². The van der Waals surface area contributed by atoms with Gasteiger partial charge in [0.1, 0.15) is 5.54 Å². The molecule has 2 atom stereocenters. The average Bonchev–Trinajstić information content (AvgIpc) is 3.15. The van der Waals surface area contributed by atoms with Crippen molar-refractivity contribution in [3.8, 4) is 0 Å². The van der Waals surface area contributed by atoms with Crippen molar-refractivity contribution in [2.75, 3.05) is 6.61 Å². The molecule has 1 aliphatic carbocycles. The first-order chi connectivity index (χ1) is 8.50. The molecular formula is C14H28N2O2.